The molecule has 2 N–H and O–H groups in total. The molecule has 0 spiro atoms. The molecular weight excluding hydrogens is 536 g/mol. The number of benzene rings is 3. The van der Waals surface area contributed by atoms with Crippen molar-refractivity contribution in [2.75, 3.05) is 13.2 Å². The third-order valence-electron chi connectivity index (χ3n) is 8.06. The van der Waals surface area contributed by atoms with Gasteiger partial charge >= 0.3 is 18.0 Å². The number of piperidine rings is 1. The molecular formula is C33H34N2O7. The summed E-state index contributed by atoms with van der Waals surface area (Å²) in [5.41, 5.74) is 5.09. The van der Waals surface area contributed by atoms with Crippen molar-refractivity contribution in [1.29, 1.82) is 0 Å². The Morgan fingerprint density at radius 3 is 2.14 bits per heavy atom. The molecule has 2 amide bonds. The number of nitrogens with one attached hydrogen (secondary N) is 1. The topological polar surface area (TPSA) is 122 Å². The summed E-state index contributed by atoms with van der Waals surface area (Å²) in [5.74, 6) is -2.73. The van der Waals surface area contributed by atoms with Crippen LogP contribution in [0.3, 0.4) is 0 Å². The average molecular weight is 571 g/mol. The van der Waals surface area contributed by atoms with E-state index in [0.29, 0.717) is 6.42 Å². The van der Waals surface area contributed by atoms with Gasteiger partial charge in [0, 0.05) is 18.5 Å². The van der Waals surface area contributed by atoms with E-state index < -0.39 is 35.9 Å². The minimum atomic E-state index is -1.23. The molecule has 1 heterocycles. The fraction of sp³-hybridized carbons (Fsp3) is 0.333. The van der Waals surface area contributed by atoms with Crippen molar-refractivity contribution in [2.45, 2.75) is 50.8 Å². The Hall–Kier alpha value is -4.66. The molecule has 3 atom stereocenters. The number of carbonyl (C=O) groups is 4. The van der Waals surface area contributed by atoms with E-state index in [4.69, 9.17) is 9.47 Å². The number of nitrogens with zero attached hydrogens (tertiary/aromatic N) is 1. The highest BCUT2D eigenvalue weighted by Crippen LogP contribution is 2.44. The molecule has 5 rings (SSSR count). The Bertz CT molecular complexity index is 1410. The van der Waals surface area contributed by atoms with Gasteiger partial charge in [-0.3, -0.25) is 14.4 Å². The van der Waals surface area contributed by atoms with Gasteiger partial charge in [-0.25, -0.2) is 4.79 Å². The van der Waals surface area contributed by atoms with E-state index in [1.807, 2.05) is 78.9 Å². The fourth-order valence-corrected chi connectivity index (χ4v) is 5.87. The normalized spacial score (nSPS) is 18.4. The van der Waals surface area contributed by atoms with Crippen LogP contribution >= 0.6 is 0 Å². The highest BCUT2D eigenvalue weighted by atomic mass is 16.5. The lowest BCUT2D eigenvalue weighted by Gasteiger charge is -2.38. The first-order chi connectivity index (χ1) is 20.3. The number of ether oxygens (including phenoxy) is 2. The average Bonchev–Trinajstić information content (AvgIpc) is 3.32. The lowest BCUT2D eigenvalue weighted by Crippen LogP contribution is -2.55. The quantitative estimate of drug-likeness (QED) is 0.357. The fourth-order valence-electron chi connectivity index (χ4n) is 5.87. The van der Waals surface area contributed by atoms with Gasteiger partial charge in [0.05, 0.1) is 12.3 Å². The molecule has 1 aliphatic carbocycles. The molecule has 1 fully saturated rings. The zero-order valence-corrected chi connectivity index (χ0v) is 23.4. The van der Waals surface area contributed by atoms with Gasteiger partial charge in [0.2, 0.25) is 5.91 Å². The number of carboxylic acid groups (broad SMARTS) is 1. The minimum absolute atomic E-state index is 0.0337. The van der Waals surface area contributed by atoms with Gasteiger partial charge in [-0.1, -0.05) is 78.9 Å². The summed E-state index contributed by atoms with van der Waals surface area (Å²) < 4.78 is 11.0. The maximum absolute atomic E-state index is 13.6. The van der Waals surface area contributed by atoms with Crippen LogP contribution in [0.1, 0.15) is 48.8 Å². The zero-order valence-electron chi connectivity index (χ0n) is 23.4. The van der Waals surface area contributed by atoms with Crippen LogP contribution in [0.15, 0.2) is 78.9 Å². The van der Waals surface area contributed by atoms with E-state index in [2.05, 4.69) is 5.32 Å². The molecule has 0 aromatic heterocycles. The van der Waals surface area contributed by atoms with Crippen LogP contribution in [0.5, 0.6) is 0 Å². The number of likely N-dealkylation sites (tertiary alicyclic amines) is 1. The molecule has 1 saturated heterocycles. The molecule has 3 aromatic rings. The summed E-state index contributed by atoms with van der Waals surface area (Å²) in [6.45, 7) is 2.07. The van der Waals surface area contributed by atoms with E-state index in [1.54, 1.807) is 6.92 Å². The second kappa shape index (κ2) is 12.9. The summed E-state index contributed by atoms with van der Waals surface area (Å²) in [6, 6.07) is 23.5. The Morgan fingerprint density at radius 2 is 1.52 bits per heavy atom. The largest absolute Gasteiger partial charge is 0.481 e. The minimum Gasteiger partial charge on any atom is -0.481 e. The molecule has 42 heavy (non-hydrogen) atoms. The molecule has 0 bridgehead atoms. The molecule has 218 valence electrons. The van der Waals surface area contributed by atoms with Crippen LogP contribution in [0.2, 0.25) is 0 Å². The Kier molecular flexibility index (Phi) is 8.85. The third kappa shape index (κ3) is 6.46. The first kappa shape index (κ1) is 28.9. The van der Waals surface area contributed by atoms with Crippen molar-refractivity contribution in [3.8, 4) is 11.1 Å². The maximum atomic E-state index is 13.6. The number of esters is 1. The molecule has 3 aromatic carbocycles. The Balaban J connectivity index is 1.26. The van der Waals surface area contributed by atoms with Crippen molar-refractivity contribution in [3.63, 3.8) is 0 Å². The van der Waals surface area contributed by atoms with Gasteiger partial charge in [0.15, 0.2) is 0 Å². The number of alkyl carbamates (subject to hydrolysis) is 1. The van der Waals surface area contributed by atoms with Gasteiger partial charge in [-0.2, -0.15) is 0 Å². The number of carbonyl (C=O) groups excluding carboxylic acids is 3. The van der Waals surface area contributed by atoms with Crippen molar-refractivity contribution >= 4 is 23.9 Å². The van der Waals surface area contributed by atoms with Gasteiger partial charge in [-0.15, -0.1) is 0 Å². The van der Waals surface area contributed by atoms with E-state index >= 15 is 0 Å². The van der Waals surface area contributed by atoms with Crippen LogP contribution in [0, 0.1) is 5.92 Å². The van der Waals surface area contributed by atoms with Crippen molar-refractivity contribution in [2.24, 2.45) is 5.92 Å². The van der Waals surface area contributed by atoms with E-state index in [9.17, 15) is 24.3 Å². The smallest absolute Gasteiger partial charge is 0.407 e. The summed E-state index contributed by atoms with van der Waals surface area (Å²) >= 11 is 0. The summed E-state index contributed by atoms with van der Waals surface area (Å²) in [7, 11) is 0. The number of hydrogen-bond donors (Lipinski definition) is 2. The second-order valence-electron chi connectivity index (χ2n) is 10.8. The zero-order chi connectivity index (χ0) is 29.6. The van der Waals surface area contributed by atoms with Gasteiger partial charge < -0.3 is 24.8 Å². The van der Waals surface area contributed by atoms with E-state index in [0.717, 1.165) is 27.8 Å². The number of carboxylic acids is 1. The molecule has 2 aliphatic rings. The predicted molar refractivity (Wildman–Crippen MR) is 154 cm³/mol. The highest BCUT2D eigenvalue weighted by Gasteiger charge is 2.37. The van der Waals surface area contributed by atoms with Crippen LogP contribution in [-0.2, 0) is 30.5 Å². The van der Waals surface area contributed by atoms with Crippen molar-refractivity contribution < 1.29 is 33.8 Å². The van der Waals surface area contributed by atoms with Crippen LogP contribution in [0.4, 0.5) is 4.79 Å². The molecule has 0 radical (unpaired) electrons. The first-order valence-electron chi connectivity index (χ1n) is 14.2. The summed E-state index contributed by atoms with van der Waals surface area (Å²) in [5, 5.41) is 12.0. The Morgan fingerprint density at radius 1 is 0.905 bits per heavy atom. The molecule has 0 saturated carbocycles. The highest BCUT2D eigenvalue weighted by molar-refractivity contribution is 5.90. The Labute approximate surface area is 244 Å². The van der Waals surface area contributed by atoms with Crippen molar-refractivity contribution in [3.05, 3.63) is 95.6 Å². The number of rotatable bonds is 9. The lowest BCUT2D eigenvalue weighted by atomic mass is 9.91. The van der Waals surface area contributed by atoms with Crippen LogP contribution < -0.4 is 5.32 Å². The summed E-state index contributed by atoms with van der Waals surface area (Å²) in [4.78, 5) is 52.5. The van der Waals surface area contributed by atoms with Gasteiger partial charge in [0.1, 0.15) is 19.3 Å². The third-order valence-corrected chi connectivity index (χ3v) is 8.06. The van der Waals surface area contributed by atoms with Crippen molar-refractivity contribution in [1.82, 2.24) is 10.2 Å². The molecule has 1 aliphatic heterocycles. The molecule has 0 unspecified atom stereocenters. The molecule has 9 nitrogen and oxygen atoms in total. The second-order valence-corrected chi connectivity index (χ2v) is 10.8. The number of fused-ring (bicyclic) bond motifs is 3. The first-order valence-corrected chi connectivity index (χ1v) is 14.2. The number of amides is 2. The van der Waals surface area contributed by atoms with E-state index in [1.165, 1.54) is 4.90 Å². The monoisotopic (exact) mass is 570 g/mol. The van der Waals surface area contributed by atoms with Gasteiger partial charge in [-0.05, 0) is 47.6 Å². The molecule has 9 heteroatoms. The standard InChI is InChI=1S/C33H34N2O7/c1-21-17-23(32(38)39)15-16-35(21)31(37)29(18-30(36)41-19-22-9-3-2-4-10-22)34-33(40)42-20-28-26-13-7-5-11-24(26)25-12-6-8-14-27(25)28/h2-14,21,23,28-29H,15-20H2,1H3,(H,34,40)(H,38,39)/t21-,23-,29+/m1/s1. The van der Waals surface area contributed by atoms with Crippen LogP contribution in [0.25, 0.3) is 11.1 Å². The van der Waals surface area contributed by atoms with Crippen LogP contribution in [-0.4, -0.2) is 59.2 Å². The summed E-state index contributed by atoms with van der Waals surface area (Å²) in [6.07, 6.45) is -0.626. The number of hydrogen-bond acceptors (Lipinski definition) is 6. The number of aliphatic carboxylic acids is 1. The lowest BCUT2D eigenvalue weighted by molar-refractivity contribution is -0.151. The van der Waals surface area contributed by atoms with Gasteiger partial charge in [0.25, 0.3) is 0 Å². The maximum Gasteiger partial charge on any atom is 0.407 e. The van der Waals surface area contributed by atoms with E-state index in [-0.39, 0.29) is 44.6 Å². The predicted octanol–water partition coefficient (Wildman–Crippen LogP) is 4.74. The SMILES string of the molecule is C[C@@H]1C[C@H](C(=O)O)CCN1C(=O)[C@H](CC(=O)OCc1ccccc1)NC(=O)OCC1c2ccccc2-c2ccccc21.